The molecule has 1 saturated heterocycles. The summed E-state index contributed by atoms with van der Waals surface area (Å²) in [6.07, 6.45) is 3.93. The molecule has 8 heteroatoms. The van der Waals surface area contributed by atoms with Crippen molar-refractivity contribution in [3.63, 3.8) is 0 Å². The van der Waals surface area contributed by atoms with E-state index in [0.29, 0.717) is 38.7 Å². The third kappa shape index (κ3) is 6.01. The number of hydrogen-bond donors (Lipinski definition) is 2. The standard InChI is InChI=1S/C28H33N5O3/c1-20-27(34)7-2-3-14-36-24-6-4-5-21(18-24)25-10-11-29-28(32-25)31-23-8-9-26(22(17-23)19-30-20)33-12-15-35-16-13-33/h4-6,8-11,17-18,20,30H,2-3,7,12-16,19H2,1H3,(H,29,31,32)/t20-/m1/s1. The summed E-state index contributed by atoms with van der Waals surface area (Å²) >= 11 is 0. The molecule has 2 aliphatic rings. The van der Waals surface area contributed by atoms with Gasteiger partial charge in [-0.05, 0) is 61.7 Å². The second kappa shape index (κ2) is 11.5. The first-order chi connectivity index (χ1) is 17.7. The number of hydrogen-bond acceptors (Lipinski definition) is 8. The predicted molar refractivity (Wildman–Crippen MR) is 141 cm³/mol. The van der Waals surface area contributed by atoms with Crippen LogP contribution in [0, 0.1) is 0 Å². The van der Waals surface area contributed by atoms with E-state index in [1.54, 1.807) is 6.20 Å². The van der Waals surface area contributed by atoms with Crippen LogP contribution in [0.15, 0.2) is 54.7 Å². The van der Waals surface area contributed by atoms with Gasteiger partial charge in [0.1, 0.15) is 11.5 Å². The first kappa shape index (κ1) is 24.2. The minimum absolute atomic E-state index is 0.223. The SMILES string of the molecule is C[C@H]1NCc2cc(ccc2N2CCOCC2)Nc2nccc(n2)-c2cccc(c2)OCCCCC1=O. The maximum atomic E-state index is 12.8. The van der Waals surface area contributed by atoms with E-state index in [1.807, 2.05) is 37.3 Å². The minimum atomic E-state index is -0.223. The third-order valence-electron chi connectivity index (χ3n) is 6.64. The van der Waals surface area contributed by atoms with Gasteiger partial charge in [-0.25, -0.2) is 9.97 Å². The minimum Gasteiger partial charge on any atom is -0.494 e. The van der Waals surface area contributed by atoms with Crippen LogP contribution < -0.4 is 20.3 Å². The number of nitrogens with zero attached hydrogens (tertiary/aromatic N) is 3. The van der Waals surface area contributed by atoms with Crippen LogP contribution in [0.1, 0.15) is 31.7 Å². The highest BCUT2D eigenvalue weighted by Crippen LogP contribution is 2.28. The maximum Gasteiger partial charge on any atom is 0.227 e. The number of ether oxygens (including phenoxy) is 2. The zero-order valence-electron chi connectivity index (χ0n) is 20.7. The Labute approximate surface area is 212 Å². The van der Waals surface area contributed by atoms with Gasteiger partial charge in [0.15, 0.2) is 0 Å². The van der Waals surface area contributed by atoms with E-state index in [9.17, 15) is 4.79 Å². The van der Waals surface area contributed by atoms with E-state index in [4.69, 9.17) is 14.5 Å². The number of morpholine rings is 1. The maximum absolute atomic E-state index is 12.8. The molecule has 36 heavy (non-hydrogen) atoms. The summed E-state index contributed by atoms with van der Waals surface area (Å²) in [5, 5.41) is 6.81. The highest BCUT2D eigenvalue weighted by molar-refractivity contribution is 5.83. The summed E-state index contributed by atoms with van der Waals surface area (Å²) < 4.78 is 11.5. The smallest absolute Gasteiger partial charge is 0.227 e. The van der Waals surface area contributed by atoms with Crippen molar-refractivity contribution in [1.82, 2.24) is 15.3 Å². The van der Waals surface area contributed by atoms with Gasteiger partial charge in [-0.3, -0.25) is 4.79 Å². The molecule has 2 N–H and O–H groups in total. The van der Waals surface area contributed by atoms with Crippen molar-refractivity contribution < 1.29 is 14.3 Å². The fourth-order valence-corrected chi connectivity index (χ4v) is 4.56. The number of aromatic nitrogens is 2. The molecule has 8 nitrogen and oxygen atoms in total. The van der Waals surface area contributed by atoms with Gasteiger partial charge < -0.3 is 25.0 Å². The predicted octanol–water partition coefficient (Wildman–Crippen LogP) is 4.33. The fraction of sp³-hybridized carbons (Fsp3) is 0.393. The summed E-state index contributed by atoms with van der Waals surface area (Å²) in [4.78, 5) is 24.3. The molecule has 0 aliphatic carbocycles. The van der Waals surface area contributed by atoms with E-state index in [1.165, 1.54) is 0 Å². The highest BCUT2D eigenvalue weighted by Gasteiger charge is 2.18. The summed E-state index contributed by atoms with van der Waals surface area (Å²) in [6, 6.07) is 15.9. The largest absolute Gasteiger partial charge is 0.494 e. The lowest BCUT2D eigenvalue weighted by molar-refractivity contribution is -0.120. The van der Waals surface area contributed by atoms with Crippen LogP contribution in [0.4, 0.5) is 17.3 Å². The average molecular weight is 488 g/mol. The molecule has 0 saturated carbocycles. The quantitative estimate of drug-likeness (QED) is 0.524. The number of carbonyl (C=O) groups is 1. The molecule has 1 fully saturated rings. The van der Waals surface area contributed by atoms with E-state index in [0.717, 1.165) is 59.9 Å². The fourth-order valence-electron chi connectivity index (χ4n) is 4.56. The van der Waals surface area contributed by atoms with E-state index in [-0.39, 0.29) is 11.8 Å². The summed E-state index contributed by atoms with van der Waals surface area (Å²) in [7, 11) is 0. The van der Waals surface area contributed by atoms with Crippen molar-refractivity contribution in [2.24, 2.45) is 0 Å². The molecule has 3 aromatic rings. The number of benzene rings is 2. The Morgan fingerprint density at radius 2 is 1.92 bits per heavy atom. The molecule has 2 aromatic carbocycles. The molecule has 0 spiro atoms. The number of anilines is 3. The monoisotopic (exact) mass is 487 g/mol. The molecule has 5 rings (SSSR count). The summed E-state index contributed by atoms with van der Waals surface area (Å²) in [6.45, 7) is 6.24. The number of nitrogens with one attached hydrogen (secondary N) is 2. The van der Waals surface area contributed by atoms with Gasteiger partial charge >= 0.3 is 0 Å². The van der Waals surface area contributed by atoms with Crippen molar-refractivity contribution in [3.8, 4) is 17.0 Å². The van der Waals surface area contributed by atoms with Gasteiger partial charge in [-0.2, -0.15) is 0 Å². The molecule has 188 valence electrons. The van der Waals surface area contributed by atoms with Crippen molar-refractivity contribution in [3.05, 3.63) is 60.3 Å². The molecule has 2 aliphatic heterocycles. The van der Waals surface area contributed by atoms with Crippen LogP contribution in [-0.4, -0.2) is 54.7 Å². The number of ketones is 1. The van der Waals surface area contributed by atoms with E-state index in [2.05, 4.69) is 38.7 Å². The third-order valence-corrected chi connectivity index (χ3v) is 6.64. The summed E-state index contributed by atoms with van der Waals surface area (Å²) in [5.74, 6) is 1.54. The molecule has 0 radical (unpaired) electrons. The van der Waals surface area contributed by atoms with Gasteiger partial charge in [0.05, 0.1) is 31.6 Å². The van der Waals surface area contributed by atoms with Gasteiger partial charge in [0.25, 0.3) is 0 Å². The lowest BCUT2D eigenvalue weighted by Gasteiger charge is -2.31. The lowest BCUT2D eigenvalue weighted by atomic mass is 10.1. The molecular weight excluding hydrogens is 454 g/mol. The molecule has 6 bridgehead atoms. The zero-order chi connectivity index (χ0) is 24.7. The Morgan fingerprint density at radius 3 is 2.81 bits per heavy atom. The molecule has 0 amide bonds. The number of fused-ring (bicyclic) bond motifs is 7. The Morgan fingerprint density at radius 1 is 1.03 bits per heavy atom. The Bertz CT molecular complexity index is 1200. The molecule has 1 atom stereocenters. The molecule has 3 heterocycles. The second-order valence-corrected chi connectivity index (χ2v) is 9.24. The van der Waals surface area contributed by atoms with Crippen molar-refractivity contribution >= 4 is 23.1 Å². The van der Waals surface area contributed by atoms with E-state index >= 15 is 0 Å². The average Bonchev–Trinajstić information content (AvgIpc) is 2.92. The normalized spacial score (nSPS) is 19.3. The molecule has 1 aromatic heterocycles. The Balaban J connectivity index is 1.47. The van der Waals surface area contributed by atoms with Crippen LogP contribution in [0.25, 0.3) is 11.3 Å². The van der Waals surface area contributed by atoms with Crippen LogP contribution in [0.2, 0.25) is 0 Å². The number of Topliss-reactive ketones (excluding diaryl/α,β-unsaturated/α-hetero) is 1. The van der Waals surface area contributed by atoms with Gasteiger partial charge in [0, 0.05) is 49.2 Å². The van der Waals surface area contributed by atoms with Crippen LogP contribution in [0.5, 0.6) is 5.75 Å². The number of rotatable bonds is 1. The second-order valence-electron chi connectivity index (χ2n) is 9.24. The van der Waals surface area contributed by atoms with Crippen molar-refractivity contribution in [2.75, 3.05) is 43.1 Å². The molecular formula is C28H33N5O3. The Kier molecular flexibility index (Phi) is 7.73. The molecule has 0 unspecified atom stereocenters. The number of carbonyl (C=O) groups excluding carboxylic acids is 1. The van der Waals surface area contributed by atoms with Crippen LogP contribution in [-0.2, 0) is 16.1 Å². The van der Waals surface area contributed by atoms with Crippen molar-refractivity contribution in [1.29, 1.82) is 0 Å². The van der Waals surface area contributed by atoms with Gasteiger partial charge in [-0.15, -0.1) is 0 Å². The first-order valence-electron chi connectivity index (χ1n) is 12.7. The summed E-state index contributed by atoms with van der Waals surface area (Å²) in [5.41, 5.74) is 4.96. The Hall–Kier alpha value is -3.49. The highest BCUT2D eigenvalue weighted by atomic mass is 16.5. The van der Waals surface area contributed by atoms with Gasteiger partial charge in [0.2, 0.25) is 5.95 Å². The van der Waals surface area contributed by atoms with Crippen LogP contribution in [0.3, 0.4) is 0 Å². The van der Waals surface area contributed by atoms with Crippen molar-refractivity contribution in [2.45, 2.75) is 38.8 Å². The topological polar surface area (TPSA) is 88.6 Å². The van der Waals surface area contributed by atoms with Crippen LogP contribution >= 0.6 is 0 Å². The zero-order valence-corrected chi connectivity index (χ0v) is 20.7. The lowest BCUT2D eigenvalue weighted by Crippen LogP contribution is -2.38. The first-order valence-corrected chi connectivity index (χ1v) is 12.7. The van der Waals surface area contributed by atoms with E-state index < -0.39 is 0 Å². The van der Waals surface area contributed by atoms with Gasteiger partial charge in [-0.1, -0.05) is 12.1 Å².